The number of nitrogens with one attached hydrogen (secondary N) is 1. The quantitative estimate of drug-likeness (QED) is 0.905. The fourth-order valence-corrected chi connectivity index (χ4v) is 3.01. The molecule has 1 aromatic carbocycles. The van der Waals surface area contributed by atoms with Gasteiger partial charge in [0.1, 0.15) is 5.82 Å². The lowest BCUT2D eigenvalue weighted by atomic mass is 10.0. The van der Waals surface area contributed by atoms with Crippen LogP contribution in [0.4, 0.5) is 4.39 Å². The van der Waals surface area contributed by atoms with Gasteiger partial charge in [-0.25, -0.2) is 4.39 Å². The molecule has 1 saturated carbocycles. The Kier molecular flexibility index (Phi) is 4.52. The fraction of sp³-hybridized carbons (Fsp3) is 0.588. The first kappa shape index (κ1) is 14.5. The van der Waals surface area contributed by atoms with E-state index in [1.807, 2.05) is 6.07 Å². The summed E-state index contributed by atoms with van der Waals surface area (Å²) in [5, 5.41) is 12.6. The number of benzene rings is 1. The topological polar surface area (TPSA) is 39.1 Å². The highest BCUT2D eigenvalue weighted by Crippen LogP contribution is 2.28. The molecule has 0 atom stereocenters. The Morgan fingerprint density at radius 2 is 1.95 bits per heavy atom. The van der Waals surface area contributed by atoms with Crippen LogP contribution in [0, 0.1) is 23.1 Å². The van der Waals surface area contributed by atoms with Gasteiger partial charge in [-0.3, -0.25) is 4.90 Å². The van der Waals surface area contributed by atoms with Gasteiger partial charge in [0.05, 0.1) is 11.6 Å². The lowest BCUT2D eigenvalue weighted by Crippen LogP contribution is -2.42. The third-order valence-electron chi connectivity index (χ3n) is 4.47. The summed E-state index contributed by atoms with van der Waals surface area (Å²) in [4.78, 5) is 2.35. The number of rotatable bonds is 5. The van der Waals surface area contributed by atoms with Crippen molar-refractivity contribution in [3.05, 3.63) is 35.1 Å². The van der Waals surface area contributed by atoms with E-state index in [9.17, 15) is 4.39 Å². The van der Waals surface area contributed by atoms with E-state index in [-0.39, 0.29) is 5.82 Å². The summed E-state index contributed by atoms with van der Waals surface area (Å²) in [6.45, 7) is 4.00. The minimum atomic E-state index is -0.315. The third kappa shape index (κ3) is 4.26. The van der Waals surface area contributed by atoms with Crippen molar-refractivity contribution in [1.82, 2.24) is 10.2 Å². The monoisotopic (exact) mass is 287 g/mol. The molecule has 1 N–H and O–H groups in total. The van der Waals surface area contributed by atoms with Crippen LogP contribution in [0.25, 0.3) is 0 Å². The number of nitriles is 1. The molecule has 1 saturated heterocycles. The van der Waals surface area contributed by atoms with Crippen molar-refractivity contribution >= 4 is 0 Å². The van der Waals surface area contributed by atoms with E-state index in [1.165, 1.54) is 31.5 Å². The number of hydrogen-bond acceptors (Lipinski definition) is 3. The van der Waals surface area contributed by atoms with Crippen molar-refractivity contribution < 1.29 is 4.39 Å². The summed E-state index contributed by atoms with van der Waals surface area (Å²) in [5.74, 6) is 0.616. The summed E-state index contributed by atoms with van der Waals surface area (Å²) in [6.07, 6.45) is 5.11. The van der Waals surface area contributed by atoms with E-state index >= 15 is 0 Å². The molecule has 0 radical (unpaired) electrons. The van der Waals surface area contributed by atoms with E-state index in [0.717, 1.165) is 44.0 Å². The van der Waals surface area contributed by atoms with Crippen LogP contribution in [0.15, 0.2) is 18.2 Å². The first-order valence-corrected chi connectivity index (χ1v) is 7.88. The van der Waals surface area contributed by atoms with Crippen LogP contribution in [0.2, 0.25) is 0 Å². The summed E-state index contributed by atoms with van der Waals surface area (Å²) >= 11 is 0. The SMILES string of the molecule is N#Cc1cc(F)cc(CN2CCC(NCC3CC3)CC2)c1. The Labute approximate surface area is 125 Å². The van der Waals surface area contributed by atoms with Crippen LogP contribution in [0.3, 0.4) is 0 Å². The average Bonchev–Trinajstić information content (AvgIpc) is 3.30. The van der Waals surface area contributed by atoms with Gasteiger partial charge in [0, 0.05) is 12.6 Å². The number of hydrogen-bond donors (Lipinski definition) is 1. The van der Waals surface area contributed by atoms with Gasteiger partial charge in [0.25, 0.3) is 0 Å². The highest BCUT2D eigenvalue weighted by Gasteiger charge is 2.24. The van der Waals surface area contributed by atoms with Crippen molar-refractivity contribution in [3.8, 4) is 6.07 Å². The maximum Gasteiger partial charge on any atom is 0.124 e. The van der Waals surface area contributed by atoms with Gasteiger partial charge >= 0.3 is 0 Å². The highest BCUT2D eigenvalue weighted by atomic mass is 19.1. The van der Waals surface area contributed by atoms with Crippen molar-refractivity contribution in [2.75, 3.05) is 19.6 Å². The maximum absolute atomic E-state index is 13.4. The van der Waals surface area contributed by atoms with Crippen LogP contribution < -0.4 is 5.32 Å². The second kappa shape index (κ2) is 6.55. The van der Waals surface area contributed by atoms with E-state index < -0.39 is 0 Å². The highest BCUT2D eigenvalue weighted by molar-refractivity contribution is 5.33. The molecule has 0 unspecified atom stereocenters. The van der Waals surface area contributed by atoms with E-state index in [2.05, 4.69) is 10.2 Å². The maximum atomic E-state index is 13.4. The lowest BCUT2D eigenvalue weighted by Gasteiger charge is -2.32. The van der Waals surface area contributed by atoms with Gasteiger partial charge in [-0.1, -0.05) is 0 Å². The lowest BCUT2D eigenvalue weighted by molar-refractivity contribution is 0.190. The molecule has 1 aromatic rings. The average molecular weight is 287 g/mol. The van der Waals surface area contributed by atoms with Crippen LogP contribution in [-0.2, 0) is 6.54 Å². The van der Waals surface area contributed by atoms with E-state index in [0.29, 0.717) is 11.6 Å². The molecular weight excluding hydrogens is 265 g/mol. The minimum absolute atomic E-state index is 0.315. The number of likely N-dealkylation sites (tertiary alicyclic amines) is 1. The predicted molar refractivity (Wildman–Crippen MR) is 80.1 cm³/mol. The molecule has 1 heterocycles. The molecule has 4 heteroatoms. The van der Waals surface area contributed by atoms with Crippen molar-refractivity contribution in [2.45, 2.75) is 38.3 Å². The Bertz CT molecular complexity index is 525. The standard InChI is InChI=1S/C17H22FN3/c18-16-8-14(10-19)7-15(9-16)12-21-5-3-17(4-6-21)20-11-13-1-2-13/h7-9,13,17,20H,1-6,11-12H2. The van der Waals surface area contributed by atoms with Crippen LogP contribution >= 0.6 is 0 Å². The fourth-order valence-electron chi connectivity index (χ4n) is 3.01. The second-order valence-electron chi connectivity index (χ2n) is 6.36. The smallest absolute Gasteiger partial charge is 0.124 e. The Hall–Kier alpha value is -1.44. The zero-order chi connectivity index (χ0) is 14.7. The van der Waals surface area contributed by atoms with E-state index in [4.69, 9.17) is 5.26 Å². The van der Waals surface area contributed by atoms with Gasteiger partial charge in [-0.2, -0.15) is 5.26 Å². The molecule has 2 fully saturated rings. The van der Waals surface area contributed by atoms with Gasteiger partial charge in [-0.05, 0) is 75.0 Å². The van der Waals surface area contributed by atoms with Crippen molar-refractivity contribution in [2.24, 2.45) is 5.92 Å². The Balaban J connectivity index is 1.48. The second-order valence-corrected chi connectivity index (χ2v) is 6.36. The Morgan fingerprint density at radius 1 is 1.19 bits per heavy atom. The van der Waals surface area contributed by atoms with Gasteiger partial charge in [-0.15, -0.1) is 0 Å². The molecule has 1 aliphatic carbocycles. The molecular formula is C17H22FN3. The summed E-state index contributed by atoms with van der Waals surface area (Å²) in [7, 11) is 0. The zero-order valence-corrected chi connectivity index (χ0v) is 12.3. The largest absolute Gasteiger partial charge is 0.314 e. The molecule has 0 spiro atoms. The molecule has 1 aliphatic heterocycles. The molecule has 0 amide bonds. The molecule has 3 nitrogen and oxygen atoms in total. The normalized spacial score (nSPS) is 20.4. The van der Waals surface area contributed by atoms with Crippen LogP contribution in [-0.4, -0.2) is 30.6 Å². The van der Waals surface area contributed by atoms with Gasteiger partial charge in [0.15, 0.2) is 0 Å². The van der Waals surface area contributed by atoms with E-state index in [1.54, 1.807) is 6.07 Å². The minimum Gasteiger partial charge on any atom is -0.314 e. The number of piperidine rings is 1. The number of halogens is 1. The molecule has 2 aliphatic rings. The first-order valence-electron chi connectivity index (χ1n) is 7.88. The first-order chi connectivity index (χ1) is 10.2. The van der Waals surface area contributed by atoms with Crippen LogP contribution in [0.1, 0.15) is 36.8 Å². The van der Waals surface area contributed by atoms with Crippen molar-refractivity contribution in [1.29, 1.82) is 5.26 Å². The molecule has 3 rings (SSSR count). The summed E-state index contributed by atoms with van der Waals surface area (Å²) in [5.41, 5.74) is 1.31. The van der Waals surface area contributed by atoms with Gasteiger partial charge < -0.3 is 5.32 Å². The summed E-state index contributed by atoms with van der Waals surface area (Å²) in [6, 6.07) is 7.28. The number of nitrogens with zero attached hydrogens (tertiary/aromatic N) is 2. The zero-order valence-electron chi connectivity index (χ0n) is 12.3. The van der Waals surface area contributed by atoms with Crippen LogP contribution in [0.5, 0.6) is 0 Å². The van der Waals surface area contributed by atoms with Gasteiger partial charge in [0.2, 0.25) is 0 Å². The van der Waals surface area contributed by atoms with Crippen molar-refractivity contribution in [3.63, 3.8) is 0 Å². The molecule has 0 aromatic heterocycles. The summed E-state index contributed by atoms with van der Waals surface area (Å²) < 4.78 is 13.4. The molecule has 21 heavy (non-hydrogen) atoms. The molecule has 0 bridgehead atoms. The third-order valence-corrected chi connectivity index (χ3v) is 4.47. The Morgan fingerprint density at radius 3 is 2.62 bits per heavy atom. The molecule has 112 valence electrons. The predicted octanol–water partition coefficient (Wildman–Crippen LogP) is 2.66.